The molecular weight excluding hydrogens is 196 g/mol. The summed E-state index contributed by atoms with van der Waals surface area (Å²) in [4.78, 5) is 10.7. The minimum absolute atomic E-state index is 0.0984. The fourth-order valence-corrected chi connectivity index (χ4v) is 1.02. The van der Waals surface area contributed by atoms with Crippen molar-refractivity contribution in [3.8, 4) is 0 Å². The monoisotopic (exact) mass is 218 g/mol. The van der Waals surface area contributed by atoms with E-state index in [0.29, 0.717) is 6.61 Å². The van der Waals surface area contributed by atoms with Crippen LogP contribution in [0.3, 0.4) is 0 Å². The quantitative estimate of drug-likeness (QED) is 0.611. The topological polar surface area (TPSA) is 44.8 Å². The molecule has 0 bridgehead atoms. The van der Waals surface area contributed by atoms with E-state index in [9.17, 15) is 4.79 Å². The first-order valence-electron chi connectivity index (χ1n) is 5.32. The van der Waals surface area contributed by atoms with Crippen LogP contribution in [-0.4, -0.2) is 37.5 Å². The van der Waals surface area contributed by atoms with E-state index in [2.05, 4.69) is 0 Å². The minimum Gasteiger partial charge on any atom is -0.463 e. The van der Waals surface area contributed by atoms with Gasteiger partial charge >= 0.3 is 5.97 Å². The Balaban J connectivity index is 3.89. The molecule has 0 saturated heterocycles. The Kier molecular flexibility index (Phi) is 7.34. The highest BCUT2D eigenvalue weighted by molar-refractivity contribution is 5.65. The maximum Gasteiger partial charge on any atom is 0.302 e. The smallest absolute Gasteiger partial charge is 0.302 e. The van der Waals surface area contributed by atoms with Crippen molar-refractivity contribution in [1.82, 2.24) is 0 Å². The molecule has 0 aliphatic heterocycles. The fraction of sp³-hybridized carbons (Fsp3) is 0.909. The van der Waals surface area contributed by atoms with Crippen molar-refractivity contribution in [2.24, 2.45) is 0 Å². The van der Waals surface area contributed by atoms with E-state index in [-0.39, 0.29) is 30.9 Å². The van der Waals surface area contributed by atoms with E-state index >= 15 is 0 Å². The second-order valence-electron chi connectivity index (χ2n) is 3.99. The van der Waals surface area contributed by atoms with Crippen molar-refractivity contribution in [2.75, 3.05) is 13.2 Å². The van der Waals surface area contributed by atoms with Crippen molar-refractivity contribution in [2.45, 2.75) is 52.9 Å². The second kappa shape index (κ2) is 7.65. The van der Waals surface area contributed by atoms with Crippen LogP contribution in [0.2, 0.25) is 0 Å². The van der Waals surface area contributed by atoms with E-state index in [0.717, 1.165) is 0 Å². The zero-order chi connectivity index (χ0) is 11.8. The molecule has 0 rings (SSSR count). The van der Waals surface area contributed by atoms with E-state index in [1.54, 1.807) is 0 Å². The lowest BCUT2D eigenvalue weighted by Crippen LogP contribution is -2.30. The highest BCUT2D eigenvalue weighted by Gasteiger charge is 2.14. The summed E-state index contributed by atoms with van der Waals surface area (Å²) in [6.45, 7) is 9.88. The molecule has 0 radical (unpaired) electrons. The van der Waals surface area contributed by atoms with Gasteiger partial charge in [-0.05, 0) is 27.7 Å². The molecule has 0 spiro atoms. The Labute approximate surface area is 91.9 Å². The Bertz CT molecular complexity index is 177. The SMILES string of the molecule is CC(=O)OCC(COC(C)C)OC(C)C. The number of carbonyl (C=O) groups is 1. The zero-order valence-electron chi connectivity index (χ0n) is 10.3. The van der Waals surface area contributed by atoms with Gasteiger partial charge in [0.1, 0.15) is 12.7 Å². The molecule has 1 atom stereocenters. The van der Waals surface area contributed by atoms with Gasteiger partial charge in [-0.25, -0.2) is 0 Å². The van der Waals surface area contributed by atoms with Gasteiger partial charge in [0.05, 0.1) is 18.8 Å². The summed E-state index contributed by atoms with van der Waals surface area (Å²) >= 11 is 0. The van der Waals surface area contributed by atoms with Gasteiger partial charge in [0, 0.05) is 6.92 Å². The number of hydrogen-bond donors (Lipinski definition) is 0. The summed E-state index contributed by atoms with van der Waals surface area (Å²) in [7, 11) is 0. The Morgan fingerprint density at radius 1 is 1.07 bits per heavy atom. The molecule has 4 nitrogen and oxygen atoms in total. The summed E-state index contributed by atoms with van der Waals surface area (Å²) in [6, 6.07) is 0. The van der Waals surface area contributed by atoms with Crippen LogP contribution < -0.4 is 0 Å². The molecule has 0 amide bonds. The van der Waals surface area contributed by atoms with Gasteiger partial charge in [0.15, 0.2) is 0 Å². The van der Waals surface area contributed by atoms with Crippen LogP contribution >= 0.6 is 0 Å². The average Bonchev–Trinajstić information content (AvgIpc) is 2.08. The van der Waals surface area contributed by atoms with Crippen molar-refractivity contribution >= 4 is 5.97 Å². The minimum atomic E-state index is -0.295. The van der Waals surface area contributed by atoms with Crippen molar-refractivity contribution in [3.63, 3.8) is 0 Å². The maximum absolute atomic E-state index is 10.7. The third-order valence-electron chi connectivity index (χ3n) is 1.55. The number of rotatable bonds is 7. The van der Waals surface area contributed by atoms with Crippen LogP contribution in [0, 0.1) is 0 Å². The molecule has 0 N–H and O–H groups in total. The normalized spacial score (nSPS) is 13.3. The van der Waals surface area contributed by atoms with Crippen molar-refractivity contribution in [1.29, 1.82) is 0 Å². The highest BCUT2D eigenvalue weighted by atomic mass is 16.6. The summed E-state index contributed by atoms with van der Waals surface area (Å²) in [5, 5.41) is 0. The number of hydrogen-bond acceptors (Lipinski definition) is 4. The molecule has 0 saturated carbocycles. The summed E-state index contributed by atoms with van der Waals surface area (Å²) in [5.41, 5.74) is 0. The van der Waals surface area contributed by atoms with Crippen molar-refractivity contribution < 1.29 is 19.0 Å². The Hall–Kier alpha value is -0.610. The Morgan fingerprint density at radius 3 is 2.07 bits per heavy atom. The molecule has 90 valence electrons. The molecular formula is C11H22O4. The first-order valence-corrected chi connectivity index (χ1v) is 5.32. The molecule has 0 fully saturated rings. The summed E-state index contributed by atoms with van der Waals surface area (Å²) in [6.07, 6.45) is 0.0678. The fourth-order valence-electron chi connectivity index (χ4n) is 1.02. The standard InChI is InChI=1S/C11H22O4/c1-8(2)13-6-11(15-9(3)4)7-14-10(5)12/h8-9,11H,6-7H2,1-5H3. The average molecular weight is 218 g/mol. The Morgan fingerprint density at radius 2 is 1.67 bits per heavy atom. The van der Waals surface area contributed by atoms with Gasteiger partial charge in [0.25, 0.3) is 0 Å². The third kappa shape index (κ3) is 9.69. The number of carbonyl (C=O) groups excluding carboxylic acids is 1. The van der Waals surface area contributed by atoms with Crippen LogP contribution in [0.4, 0.5) is 0 Å². The first kappa shape index (κ1) is 14.4. The van der Waals surface area contributed by atoms with Crippen LogP contribution in [0.1, 0.15) is 34.6 Å². The van der Waals surface area contributed by atoms with E-state index in [1.807, 2.05) is 27.7 Å². The molecule has 0 aromatic heterocycles. The van der Waals surface area contributed by atoms with Gasteiger partial charge in [-0.2, -0.15) is 0 Å². The lowest BCUT2D eigenvalue weighted by Gasteiger charge is -2.21. The van der Waals surface area contributed by atoms with Gasteiger partial charge in [0.2, 0.25) is 0 Å². The predicted octanol–water partition coefficient (Wildman–Crippen LogP) is 1.77. The van der Waals surface area contributed by atoms with Gasteiger partial charge < -0.3 is 14.2 Å². The molecule has 0 aliphatic rings. The third-order valence-corrected chi connectivity index (χ3v) is 1.55. The lowest BCUT2D eigenvalue weighted by atomic mass is 10.3. The number of ether oxygens (including phenoxy) is 3. The van der Waals surface area contributed by atoms with E-state index in [1.165, 1.54) is 6.92 Å². The molecule has 0 aliphatic carbocycles. The van der Waals surface area contributed by atoms with Crippen LogP contribution in [0.15, 0.2) is 0 Å². The second-order valence-corrected chi connectivity index (χ2v) is 3.99. The predicted molar refractivity (Wildman–Crippen MR) is 57.7 cm³/mol. The van der Waals surface area contributed by atoms with Gasteiger partial charge in [-0.15, -0.1) is 0 Å². The molecule has 0 aromatic rings. The van der Waals surface area contributed by atoms with Crippen LogP contribution in [-0.2, 0) is 19.0 Å². The molecule has 1 unspecified atom stereocenters. The first-order chi connectivity index (χ1) is 6.91. The maximum atomic E-state index is 10.7. The molecule has 4 heteroatoms. The largest absolute Gasteiger partial charge is 0.463 e. The molecule has 0 heterocycles. The van der Waals surface area contributed by atoms with E-state index in [4.69, 9.17) is 14.2 Å². The molecule has 0 aromatic carbocycles. The van der Waals surface area contributed by atoms with Crippen LogP contribution in [0.25, 0.3) is 0 Å². The summed E-state index contributed by atoms with van der Waals surface area (Å²) in [5.74, 6) is -0.295. The van der Waals surface area contributed by atoms with Gasteiger partial charge in [-0.3, -0.25) is 4.79 Å². The zero-order valence-corrected chi connectivity index (χ0v) is 10.3. The summed E-state index contributed by atoms with van der Waals surface area (Å²) < 4.78 is 15.9. The lowest BCUT2D eigenvalue weighted by molar-refractivity contribution is -0.149. The van der Waals surface area contributed by atoms with Gasteiger partial charge in [-0.1, -0.05) is 0 Å². The van der Waals surface area contributed by atoms with Crippen molar-refractivity contribution in [3.05, 3.63) is 0 Å². The van der Waals surface area contributed by atoms with E-state index < -0.39 is 0 Å². The number of esters is 1. The molecule has 15 heavy (non-hydrogen) atoms. The highest BCUT2D eigenvalue weighted by Crippen LogP contribution is 2.02. The van der Waals surface area contributed by atoms with Crippen LogP contribution in [0.5, 0.6) is 0 Å².